The van der Waals surface area contributed by atoms with Crippen molar-refractivity contribution in [2.75, 3.05) is 11.9 Å². The minimum Gasteiger partial charge on any atom is -0.481 e. The molecule has 2 N–H and O–H groups in total. The highest BCUT2D eigenvalue weighted by Crippen LogP contribution is 2.28. The highest BCUT2D eigenvalue weighted by atomic mass is 79.9. The summed E-state index contributed by atoms with van der Waals surface area (Å²) in [6, 6.07) is 4.84. The first-order valence-electron chi connectivity index (χ1n) is 6.64. The molecule has 1 fully saturated rings. The monoisotopic (exact) mass is 374 g/mol. The lowest BCUT2D eigenvalue weighted by Gasteiger charge is -2.36. The fourth-order valence-electron chi connectivity index (χ4n) is 2.48. The Morgan fingerprint density at radius 3 is 2.81 bits per heavy atom. The molecular formula is C14H16BrClN2O3. The van der Waals surface area contributed by atoms with Crippen molar-refractivity contribution in [1.29, 1.82) is 0 Å². The third-order valence-corrected chi connectivity index (χ3v) is 4.48. The highest BCUT2D eigenvalue weighted by Gasteiger charge is 2.32. The smallest absolute Gasteiger partial charge is 0.322 e. The molecule has 2 unspecified atom stereocenters. The van der Waals surface area contributed by atoms with E-state index in [9.17, 15) is 9.59 Å². The summed E-state index contributed by atoms with van der Waals surface area (Å²) in [5.41, 5.74) is 0.531. The maximum Gasteiger partial charge on any atom is 0.322 e. The van der Waals surface area contributed by atoms with Crippen LogP contribution in [0.25, 0.3) is 0 Å². The van der Waals surface area contributed by atoms with Crippen LogP contribution >= 0.6 is 27.5 Å². The molecule has 2 rings (SSSR count). The Morgan fingerprint density at radius 2 is 2.19 bits per heavy atom. The number of rotatable bonds is 2. The SMILES string of the molecule is CC1CC(C(=O)O)CCN1C(=O)Nc1cc(Br)ccc1Cl. The number of halogens is 2. The van der Waals surface area contributed by atoms with E-state index in [0.29, 0.717) is 30.1 Å². The van der Waals surface area contributed by atoms with Crippen LogP contribution in [0.2, 0.25) is 5.02 Å². The molecule has 5 nitrogen and oxygen atoms in total. The highest BCUT2D eigenvalue weighted by molar-refractivity contribution is 9.10. The number of aliphatic carboxylic acids is 1. The summed E-state index contributed by atoms with van der Waals surface area (Å²) in [4.78, 5) is 25.0. The Kier molecular flexibility index (Phi) is 5.11. The van der Waals surface area contributed by atoms with Crippen LogP contribution in [0.4, 0.5) is 10.5 Å². The van der Waals surface area contributed by atoms with Gasteiger partial charge in [0, 0.05) is 17.1 Å². The summed E-state index contributed by atoms with van der Waals surface area (Å²) in [5.74, 6) is -1.17. The predicted molar refractivity (Wildman–Crippen MR) is 84.7 cm³/mol. The first-order chi connectivity index (χ1) is 9.88. The van der Waals surface area contributed by atoms with Gasteiger partial charge < -0.3 is 15.3 Å². The van der Waals surface area contributed by atoms with Gasteiger partial charge in [0.25, 0.3) is 0 Å². The molecule has 1 aliphatic rings. The van der Waals surface area contributed by atoms with E-state index in [1.165, 1.54) is 0 Å². The number of hydrogen-bond donors (Lipinski definition) is 2. The first kappa shape index (κ1) is 16.1. The van der Waals surface area contributed by atoms with Crippen LogP contribution in [0.3, 0.4) is 0 Å². The number of nitrogens with one attached hydrogen (secondary N) is 1. The average molecular weight is 376 g/mol. The Bertz CT molecular complexity index is 567. The van der Waals surface area contributed by atoms with Crippen molar-refractivity contribution in [3.63, 3.8) is 0 Å². The number of carboxylic acids is 1. The molecule has 7 heteroatoms. The van der Waals surface area contributed by atoms with Gasteiger partial charge in [-0.2, -0.15) is 0 Å². The van der Waals surface area contributed by atoms with Crippen LogP contribution < -0.4 is 5.32 Å². The molecule has 2 atom stereocenters. The van der Waals surface area contributed by atoms with Gasteiger partial charge in [-0.1, -0.05) is 27.5 Å². The predicted octanol–water partition coefficient (Wildman–Crippen LogP) is 3.82. The molecule has 0 aromatic heterocycles. The number of likely N-dealkylation sites (tertiary alicyclic amines) is 1. The minimum absolute atomic E-state index is 0.120. The lowest BCUT2D eigenvalue weighted by molar-refractivity contribution is -0.143. The summed E-state index contributed by atoms with van der Waals surface area (Å²) in [7, 11) is 0. The normalized spacial score (nSPS) is 22.0. The maximum atomic E-state index is 12.3. The fourth-order valence-corrected chi connectivity index (χ4v) is 3.00. The molecule has 21 heavy (non-hydrogen) atoms. The van der Waals surface area contributed by atoms with Crippen LogP contribution in [-0.4, -0.2) is 34.6 Å². The fraction of sp³-hybridized carbons (Fsp3) is 0.429. The lowest BCUT2D eigenvalue weighted by Crippen LogP contribution is -2.47. The van der Waals surface area contributed by atoms with E-state index in [4.69, 9.17) is 16.7 Å². The number of carboxylic acid groups (broad SMARTS) is 1. The first-order valence-corrected chi connectivity index (χ1v) is 7.81. The van der Waals surface area contributed by atoms with Crippen molar-refractivity contribution >= 4 is 45.2 Å². The third-order valence-electron chi connectivity index (χ3n) is 3.66. The second kappa shape index (κ2) is 6.66. The standard InChI is InChI=1S/C14H16BrClN2O3/c1-8-6-9(13(19)20)4-5-18(8)14(21)17-12-7-10(15)2-3-11(12)16/h2-3,7-9H,4-6H2,1H3,(H,17,21)(H,19,20). The summed E-state index contributed by atoms with van der Waals surface area (Å²) in [5, 5.41) is 12.3. The van der Waals surface area contributed by atoms with E-state index in [2.05, 4.69) is 21.2 Å². The van der Waals surface area contributed by atoms with Crippen LogP contribution in [0.5, 0.6) is 0 Å². The summed E-state index contributed by atoms with van der Waals surface area (Å²) in [6.45, 7) is 2.28. The second-order valence-corrected chi connectivity index (χ2v) is 6.48. The van der Waals surface area contributed by atoms with Gasteiger partial charge in [0.1, 0.15) is 0 Å². The van der Waals surface area contributed by atoms with Crippen molar-refractivity contribution in [3.05, 3.63) is 27.7 Å². The molecule has 1 heterocycles. The summed E-state index contributed by atoms with van der Waals surface area (Å²) in [6.07, 6.45) is 0.939. The summed E-state index contributed by atoms with van der Waals surface area (Å²) < 4.78 is 0.819. The number of benzene rings is 1. The molecule has 0 spiro atoms. The average Bonchev–Trinajstić information content (AvgIpc) is 2.42. The Labute approximate surface area is 136 Å². The molecule has 0 aliphatic carbocycles. The van der Waals surface area contributed by atoms with Crippen LogP contribution in [0.1, 0.15) is 19.8 Å². The minimum atomic E-state index is -0.794. The molecule has 0 bridgehead atoms. The van der Waals surface area contributed by atoms with E-state index in [1.54, 1.807) is 23.1 Å². The van der Waals surface area contributed by atoms with E-state index >= 15 is 0 Å². The largest absolute Gasteiger partial charge is 0.481 e. The van der Waals surface area contributed by atoms with Gasteiger partial charge in [-0.25, -0.2) is 4.79 Å². The molecule has 0 radical (unpaired) electrons. The van der Waals surface area contributed by atoms with Crippen molar-refractivity contribution in [1.82, 2.24) is 4.90 Å². The molecule has 1 aromatic carbocycles. The molecule has 1 saturated heterocycles. The van der Waals surface area contributed by atoms with Crippen LogP contribution in [-0.2, 0) is 4.79 Å². The second-order valence-electron chi connectivity index (χ2n) is 5.16. The Hall–Kier alpha value is -1.27. The summed E-state index contributed by atoms with van der Waals surface area (Å²) >= 11 is 9.38. The third kappa shape index (κ3) is 3.89. The maximum absolute atomic E-state index is 12.3. The van der Waals surface area contributed by atoms with E-state index < -0.39 is 5.97 Å². The van der Waals surface area contributed by atoms with E-state index in [1.807, 2.05) is 6.92 Å². The van der Waals surface area contributed by atoms with Gasteiger partial charge in [-0.3, -0.25) is 4.79 Å². The van der Waals surface area contributed by atoms with Crippen molar-refractivity contribution < 1.29 is 14.7 Å². The van der Waals surface area contributed by atoms with Gasteiger partial charge in [0.05, 0.1) is 16.6 Å². The van der Waals surface area contributed by atoms with Gasteiger partial charge in [-0.15, -0.1) is 0 Å². The van der Waals surface area contributed by atoms with E-state index in [-0.39, 0.29) is 18.0 Å². The molecule has 1 aromatic rings. The van der Waals surface area contributed by atoms with Crippen molar-refractivity contribution in [3.8, 4) is 0 Å². The van der Waals surface area contributed by atoms with Crippen molar-refractivity contribution in [2.24, 2.45) is 5.92 Å². The number of urea groups is 1. The van der Waals surface area contributed by atoms with Gasteiger partial charge in [0.15, 0.2) is 0 Å². The Balaban J connectivity index is 2.04. The van der Waals surface area contributed by atoms with E-state index in [0.717, 1.165) is 4.47 Å². The Morgan fingerprint density at radius 1 is 1.48 bits per heavy atom. The number of hydrogen-bond acceptors (Lipinski definition) is 2. The number of anilines is 1. The zero-order chi connectivity index (χ0) is 15.6. The quantitative estimate of drug-likeness (QED) is 0.825. The number of carbonyl (C=O) groups excluding carboxylic acids is 1. The molecule has 1 aliphatic heterocycles. The van der Waals surface area contributed by atoms with Gasteiger partial charge >= 0.3 is 12.0 Å². The van der Waals surface area contributed by atoms with Gasteiger partial charge in [0.2, 0.25) is 0 Å². The van der Waals surface area contributed by atoms with Crippen LogP contribution in [0, 0.1) is 5.92 Å². The molecule has 2 amide bonds. The molecule has 0 saturated carbocycles. The lowest BCUT2D eigenvalue weighted by atomic mass is 9.92. The van der Waals surface area contributed by atoms with Gasteiger partial charge in [-0.05, 0) is 38.0 Å². The topological polar surface area (TPSA) is 69.6 Å². The van der Waals surface area contributed by atoms with Crippen molar-refractivity contribution in [2.45, 2.75) is 25.8 Å². The zero-order valence-electron chi connectivity index (χ0n) is 11.5. The van der Waals surface area contributed by atoms with Crippen LogP contribution in [0.15, 0.2) is 22.7 Å². The number of carbonyl (C=O) groups is 2. The molecule has 114 valence electrons. The molecular weight excluding hydrogens is 360 g/mol. The number of amides is 2. The zero-order valence-corrected chi connectivity index (χ0v) is 13.8. The number of piperidine rings is 1. The number of nitrogens with zero attached hydrogens (tertiary/aromatic N) is 1.